The Morgan fingerprint density at radius 3 is 2.67 bits per heavy atom. The number of carbonyl (C=O) groups excluding carboxylic acids is 2. The lowest BCUT2D eigenvalue weighted by atomic mass is 9.93. The Kier molecular flexibility index (Phi) is 5.71. The highest BCUT2D eigenvalue weighted by Crippen LogP contribution is 2.31. The highest BCUT2D eigenvalue weighted by Gasteiger charge is 2.28. The van der Waals surface area contributed by atoms with Crippen molar-refractivity contribution < 1.29 is 18.7 Å². The number of rotatable bonds is 5. The third kappa shape index (κ3) is 4.68. The molecule has 2 heterocycles. The molecule has 0 aliphatic carbocycles. The molecule has 0 saturated heterocycles. The van der Waals surface area contributed by atoms with Gasteiger partial charge in [-0.25, -0.2) is 14.2 Å². The highest BCUT2D eigenvalue weighted by molar-refractivity contribution is 7.15. The predicted molar refractivity (Wildman–Crippen MR) is 124 cm³/mol. The molecule has 0 fully saturated rings. The Morgan fingerprint density at radius 2 is 1.88 bits per heavy atom. The molecule has 3 aromatic carbocycles. The minimum Gasteiger partial charge on any atom is -0.454 e. The van der Waals surface area contributed by atoms with Gasteiger partial charge in [0, 0.05) is 29.5 Å². The molecular weight excluding hydrogens is 439 g/mol. The first-order chi connectivity index (χ1) is 16.0. The van der Waals surface area contributed by atoms with Crippen molar-refractivity contribution in [3.8, 4) is 0 Å². The van der Waals surface area contributed by atoms with E-state index in [9.17, 15) is 14.0 Å². The molecule has 0 radical (unpaired) electrons. The lowest BCUT2D eigenvalue weighted by Crippen LogP contribution is -2.23. The Labute approximate surface area is 193 Å². The number of fused-ring (bicyclic) bond motifs is 1. The van der Waals surface area contributed by atoms with Crippen molar-refractivity contribution in [3.63, 3.8) is 0 Å². The summed E-state index contributed by atoms with van der Waals surface area (Å²) >= 11 is 1.37. The lowest BCUT2D eigenvalue weighted by molar-refractivity contribution is 0.0252. The highest BCUT2D eigenvalue weighted by atomic mass is 32.1. The maximum absolute atomic E-state index is 13.1. The molecule has 4 aromatic rings. The quantitative estimate of drug-likeness (QED) is 0.397. The SMILES string of the molecule is O=C(Nc1ncc(Cc2ccc(F)cc2)s1)c1ccc2c(c1)C[C@@H](c1ccccc1)OC2=O. The van der Waals surface area contributed by atoms with E-state index in [1.807, 2.05) is 30.3 Å². The third-order valence-corrected chi connectivity index (χ3v) is 6.39. The van der Waals surface area contributed by atoms with Gasteiger partial charge in [-0.05, 0) is 47.0 Å². The van der Waals surface area contributed by atoms with Gasteiger partial charge in [-0.15, -0.1) is 11.3 Å². The summed E-state index contributed by atoms with van der Waals surface area (Å²) in [4.78, 5) is 30.5. The minimum absolute atomic E-state index is 0.274. The fraction of sp³-hybridized carbons (Fsp3) is 0.115. The summed E-state index contributed by atoms with van der Waals surface area (Å²) in [7, 11) is 0. The molecule has 5 nitrogen and oxygen atoms in total. The van der Waals surface area contributed by atoms with E-state index in [-0.39, 0.29) is 23.8 Å². The van der Waals surface area contributed by atoms with Crippen LogP contribution < -0.4 is 5.32 Å². The van der Waals surface area contributed by atoms with Gasteiger partial charge in [0.25, 0.3) is 5.91 Å². The van der Waals surface area contributed by atoms with E-state index in [2.05, 4.69) is 10.3 Å². The number of esters is 1. The predicted octanol–water partition coefficient (Wildman–Crippen LogP) is 5.58. The molecule has 1 N–H and O–H groups in total. The molecule has 0 bridgehead atoms. The summed E-state index contributed by atoms with van der Waals surface area (Å²) in [5, 5.41) is 3.31. The van der Waals surface area contributed by atoms with Crippen molar-refractivity contribution >= 4 is 28.3 Å². The maximum atomic E-state index is 13.1. The number of benzene rings is 3. The normalized spacial score (nSPS) is 14.9. The van der Waals surface area contributed by atoms with Gasteiger partial charge in [-0.3, -0.25) is 10.1 Å². The standard InChI is InChI=1S/C26H19FN2O3S/c27-20-9-6-16(7-10-20)12-21-15-28-26(33-21)29-24(30)18-8-11-22-19(13-18)14-23(32-25(22)31)17-4-2-1-3-5-17/h1-11,13,15,23H,12,14H2,(H,28,29,30)/t23-/m0/s1. The maximum Gasteiger partial charge on any atom is 0.339 e. The molecule has 1 aromatic heterocycles. The number of thiazole rings is 1. The number of ether oxygens (including phenoxy) is 1. The van der Waals surface area contributed by atoms with E-state index in [1.165, 1.54) is 23.5 Å². The number of amides is 1. The number of anilines is 1. The molecule has 33 heavy (non-hydrogen) atoms. The van der Waals surface area contributed by atoms with Crippen LogP contribution in [0.5, 0.6) is 0 Å². The smallest absolute Gasteiger partial charge is 0.339 e. The fourth-order valence-electron chi connectivity index (χ4n) is 3.81. The van der Waals surface area contributed by atoms with E-state index >= 15 is 0 Å². The average Bonchev–Trinajstić information content (AvgIpc) is 3.27. The van der Waals surface area contributed by atoms with Gasteiger partial charge in [0.2, 0.25) is 0 Å². The van der Waals surface area contributed by atoms with Crippen molar-refractivity contribution in [2.75, 3.05) is 5.32 Å². The van der Waals surface area contributed by atoms with Crippen LogP contribution in [-0.2, 0) is 17.6 Å². The molecule has 0 saturated carbocycles. The van der Waals surface area contributed by atoms with Crippen LogP contribution in [0.15, 0.2) is 79.0 Å². The molecule has 1 aliphatic rings. The molecule has 1 amide bonds. The number of nitrogens with one attached hydrogen (secondary N) is 1. The van der Waals surface area contributed by atoms with Crippen LogP contribution in [0.4, 0.5) is 9.52 Å². The van der Waals surface area contributed by atoms with Crippen LogP contribution >= 0.6 is 11.3 Å². The fourth-order valence-corrected chi connectivity index (χ4v) is 4.65. The van der Waals surface area contributed by atoms with Gasteiger partial charge in [0.05, 0.1) is 5.56 Å². The Morgan fingerprint density at radius 1 is 1.09 bits per heavy atom. The molecule has 164 valence electrons. The van der Waals surface area contributed by atoms with Crippen LogP contribution in [0.1, 0.15) is 48.4 Å². The zero-order valence-electron chi connectivity index (χ0n) is 17.5. The van der Waals surface area contributed by atoms with Crippen molar-refractivity contribution in [3.05, 3.63) is 118 Å². The summed E-state index contributed by atoms with van der Waals surface area (Å²) in [5.74, 6) is -0.956. The number of carbonyl (C=O) groups is 2. The summed E-state index contributed by atoms with van der Waals surface area (Å²) in [6, 6.07) is 20.9. The van der Waals surface area contributed by atoms with E-state index in [4.69, 9.17) is 4.74 Å². The number of halogens is 1. The topological polar surface area (TPSA) is 68.3 Å². The van der Waals surface area contributed by atoms with Crippen molar-refractivity contribution in [1.29, 1.82) is 0 Å². The van der Waals surface area contributed by atoms with Crippen LogP contribution in [-0.4, -0.2) is 16.9 Å². The van der Waals surface area contributed by atoms with Gasteiger partial charge < -0.3 is 4.74 Å². The van der Waals surface area contributed by atoms with Crippen LogP contribution in [0.2, 0.25) is 0 Å². The van der Waals surface area contributed by atoms with Crippen molar-refractivity contribution in [2.24, 2.45) is 0 Å². The van der Waals surface area contributed by atoms with Crippen LogP contribution in [0.3, 0.4) is 0 Å². The monoisotopic (exact) mass is 458 g/mol. The first-order valence-corrected chi connectivity index (χ1v) is 11.3. The molecule has 0 spiro atoms. The molecule has 1 atom stereocenters. The second kappa shape index (κ2) is 8.96. The summed E-state index contributed by atoms with van der Waals surface area (Å²) < 4.78 is 18.7. The van der Waals surface area contributed by atoms with Gasteiger partial charge in [-0.2, -0.15) is 0 Å². The molecular formula is C26H19FN2O3S. The third-order valence-electron chi connectivity index (χ3n) is 5.48. The van der Waals surface area contributed by atoms with E-state index in [0.717, 1.165) is 21.6 Å². The molecule has 7 heteroatoms. The summed E-state index contributed by atoms with van der Waals surface area (Å²) in [6.45, 7) is 0. The van der Waals surface area contributed by atoms with E-state index < -0.39 is 0 Å². The van der Waals surface area contributed by atoms with Crippen LogP contribution in [0, 0.1) is 5.82 Å². The number of hydrogen-bond acceptors (Lipinski definition) is 5. The molecule has 0 unspecified atom stereocenters. The Hall–Kier alpha value is -3.84. The number of nitrogens with zero attached hydrogens (tertiary/aromatic N) is 1. The number of aromatic nitrogens is 1. The molecule has 1 aliphatic heterocycles. The van der Waals surface area contributed by atoms with E-state index in [0.29, 0.717) is 29.1 Å². The Balaban J connectivity index is 1.30. The molecule has 5 rings (SSSR count). The van der Waals surface area contributed by atoms with Gasteiger partial charge in [0.1, 0.15) is 11.9 Å². The van der Waals surface area contributed by atoms with E-state index in [1.54, 1.807) is 36.5 Å². The van der Waals surface area contributed by atoms with Crippen LogP contribution in [0.25, 0.3) is 0 Å². The first-order valence-electron chi connectivity index (χ1n) is 10.4. The minimum atomic E-state index is -0.387. The lowest BCUT2D eigenvalue weighted by Gasteiger charge is -2.25. The number of cyclic esters (lactones) is 1. The van der Waals surface area contributed by atoms with Crippen molar-refractivity contribution in [2.45, 2.75) is 18.9 Å². The van der Waals surface area contributed by atoms with Gasteiger partial charge >= 0.3 is 5.97 Å². The van der Waals surface area contributed by atoms with Gasteiger partial charge in [0.15, 0.2) is 5.13 Å². The van der Waals surface area contributed by atoms with Gasteiger partial charge in [-0.1, -0.05) is 42.5 Å². The second-order valence-corrected chi connectivity index (χ2v) is 8.88. The van der Waals surface area contributed by atoms with Crippen molar-refractivity contribution in [1.82, 2.24) is 4.98 Å². The zero-order chi connectivity index (χ0) is 22.8. The number of hydrogen-bond donors (Lipinski definition) is 1. The second-order valence-electron chi connectivity index (χ2n) is 7.77. The largest absolute Gasteiger partial charge is 0.454 e. The summed E-state index contributed by atoms with van der Waals surface area (Å²) in [6.07, 6.45) is 2.44. The first kappa shape index (κ1) is 21.0. The average molecular weight is 459 g/mol. The zero-order valence-corrected chi connectivity index (χ0v) is 18.3. The Bertz CT molecular complexity index is 1320. The summed E-state index contributed by atoms with van der Waals surface area (Å²) in [5.41, 5.74) is 3.60.